The van der Waals surface area contributed by atoms with Gasteiger partial charge in [-0.3, -0.25) is 4.79 Å². The van der Waals surface area contributed by atoms with Gasteiger partial charge in [0.25, 0.3) is 0 Å². The lowest BCUT2D eigenvalue weighted by molar-refractivity contribution is -0.117. The largest absolute Gasteiger partial charge is 0.490 e. The summed E-state index contributed by atoms with van der Waals surface area (Å²) < 4.78 is 6.33. The third-order valence-corrected chi connectivity index (χ3v) is 7.11. The minimum atomic E-state index is -0.0212. The summed E-state index contributed by atoms with van der Waals surface area (Å²) in [5, 5.41) is 3.16. The van der Waals surface area contributed by atoms with Crippen LogP contribution in [0.3, 0.4) is 0 Å². The van der Waals surface area contributed by atoms with E-state index in [1.54, 1.807) is 0 Å². The highest BCUT2D eigenvalue weighted by Gasteiger charge is 2.21. The molecule has 0 unspecified atom stereocenters. The number of hydrogen-bond donors (Lipinski definition) is 1. The lowest BCUT2D eigenvalue weighted by atomic mass is 9.92. The number of carbonyl (C=O) groups is 1. The third kappa shape index (κ3) is 6.34. The molecule has 0 atom stereocenters. The van der Waals surface area contributed by atoms with Gasteiger partial charge in [-0.2, -0.15) is 0 Å². The van der Waals surface area contributed by atoms with Crippen molar-refractivity contribution in [3.05, 3.63) is 52.6 Å². The van der Waals surface area contributed by atoms with Crippen molar-refractivity contribution in [1.29, 1.82) is 0 Å². The first kappa shape index (κ1) is 24.6. The van der Waals surface area contributed by atoms with Crippen molar-refractivity contribution in [2.75, 3.05) is 16.8 Å². The molecule has 34 heavy (non-hydrogen) atoms. The predicted octanol–water partition coefficient (Wildman–Crippen LogP) is 7.34. The van der Waals surface area contributed by atoms with E-state index in [0.717, 1.165) is 48.5 Å². The number of benzene rings is 2. The molecule has 0 bridgehead atoms. The maximum Gasteiger partial charge on any atom is 0.224 e. The first-order valence-corrected chi connectivity index (χ1v) is 13.1. The smallest absolute Gasteiger partial charge is 0.224 e. The van der Waals surface area contributed by atoms with Crippen LogP contribution in [0.5, 0.6) is 5.75 Å². The lowest BCUT2D eigenvalue weighted by Crippen LogP contribution is -2.24. The van der Waals surface area contributed by atoms with Crippen molar-refractivity contribution in [3.8, 4) is 5.75 Å². The highest BCUT2D eigenvalue weighted by Crippen LogP contribution is 2.32. The lowest BCUT2D eigenvalue weighted by Gasteiger charge is -2.26. The van der Waals surface area contributed by atoms with E-state index < -0.39 is 0 Å². The van der Waals surface area contributed by atoms with Crippen molar-refractivity contribution in [1.82, 2.24) is 0 Å². The number of rotatable bonds is 5. The zero-order valence-corrected chi connectivity index (χ0v) is 21.8. The predicted molar refractivity (Wildman–Crippen MR) is 142 cm³/mol. The van der Waals surface area contributed by atoms with E-state index in [1.165, 1.54) is 48.9 Å². The first-order chi connectivity index (χ1) is 16.2. The van der Waals surface area contributed by atoms with Gasteiger partial charge in [-0.15, -0.1) is 0 Å². The average molecular weight is 463 g/mol. The zero-order valence-electron chi connectivity index (χ0n) is 21.8. The Labute approximate surface area is 206 Å². The van der Waals surface area contributed by atoms with Gasteiger partial charge in [-0.25, -0.2) is 0 Å². The first-order valence-electron chi connectivity index (χ1n) is 13.1. The molecule has 1 saturated carbocycles. The van der Waals surface area contributed by atoms with E-state index in [1.807, 2.05) is 0 Å². The molecule has 4 rings (SSSR count). The molecular formula is C30H42N2O2. The van der Waals surface area contributed by atoms with Gasteiger partial charge in [-0.1, -0.05) is 33.3 Å². The van der Waals surface area contributed by atoms with Crippen LogP contribution in [0.2, 0.25) is 0 Å². The van der Waals surface area contributed by atoms with Gasteiger partial charge in [0.2, 0.25) is 5.91 Å². The maximum absolute atomic E-state index is 12.5. The Morgan fingerprint density at radius 1 is 1.00 bits per heavy atom. The molecule has 2 aromatic carbocycles. The van der Waals surface area contributed by atoms with Gasteiger partial charge < -0.3 is 15.0 Å². The summed E-state index contributed by atoms with van der Waals surface area (Å²) in [6, 6.07) is 11.2. The van der Waals surface area contributed by atoms with Crippen molar-refractivity contribution < 1.29 is 9.53 Å². The molecule has 2 aliphatic rings. The fourth-order valence-electron chi connectivity index (χ4n) is 5.39. The Bertz CT molecular complexity index is 992. The Kier molecular flexibility index (Phi) is 7.54. The number of hydrogen-bond acceptors (Lipinski definition) is 3. The van der Waals surface area contributed by atoms with Gasteiger partial charge in [0.15, 0.2) is 0 Å². The van der Waals surface area contributed by atoms with E-state index >= 15 is 0 Å². The van der Waals surface area contributed by atoms with E-state index in [2.05, 4.69) is 75.2 Å². The molecule has 1 aliphatic heterocycles. The maximum atomic E-state index is 12.5. The number of amides is 1. The topological polar surface area (TPSA) is 41.6 Å². The minimum Gasteiger partial charge on any atom is -0.490 e. The summed E-state index contributed by atoms with van der Waals surface area (Å²) >= 11 is 0. The molecule has 1 fully saturated rings. The van der Waals surface area contributed by atoms with Gasteiger partial charge in [-0.05, 0) is 104 Å². The molecule has 2 aromatic rings. The number of nitrogens with zero attached hydrogens (tertiary/aromatic N) is 1. The van der Waals surface area contributed by atoms with Crippen LogP contribution in [0, 0.1) is 19.3 Å². The number of ether oxygens (including phenoxy) is 1. The molecule has 4 nitrogen and oxygen atoms in total. The highest BCUT2D eigenvalue weighted by atomic mass is 16.5. The summed E-state index contributed by atoms with van der Waals surface area (Å²) in [5.74, 6) is 1.13. The van der Waals surface area contributed by atoms with E-state index in [4.69, 9.17) is 4.74 Å². The molecule has 0 aromatic heterocycles. The Balaban J connectivity index is 1.47. The summed E-state index contributed by atoms with van der Waals surface area (Å²) in [6.07, 6.45) is 9.44. The Hall–Kier alpha value is -2.49. The van der Waals surface area contributed by atoms with Crippen molar-refractivity contribution in [2.24, 2.45) is 5.41 Å². The number of anilines is 2. The quantitative estimate of drug-likeness (QED) is 0.505. The van der Waals surface area contributed by atoms with Crippen LogP contribution >= 0.6 is 0 Å². The van der Waals surface area contributed by atoms with Gasteiger partial charge in [0, 0.05) is 30.9 Å². The molecule has 0 spiro atoms. The van der Waals surface area contributed by atoms with Gasteiger partial charge in [0.1, 0.15) is 5.75 Å². The van der Waals surface area contributed by atoms with Crippen LogP contribution in [0.4, 0.5) is 11.4 Å². The van der Waals surface area contributed by atoms with Crippen molar-refractivity contribution >= 4 is 17.3 Å². The summed E-state index contributed by atoms with van der Waals surface area (Å²) in [7, 11) is 0. The molecular weight excluding hydrogens is 420 g/mol. The second kappa shape index (κ2) is 10.4. The fraction of sp³-hybridized carbons (Fsp3) is 0.567. The molecule has 1 amide bonds. The van der Waals surface area contributed by atoms with Crippen molar-refractivity contribution in [2.45, 2.75) is 98.6 Å². The van der Waals surface area contributed by atoms with Crippen molar-refractivity contribution in [3.63, 3.8) is 0 Å². The molecule has 184 valence electrons. The minimum absolute atomic E-state index is 0.0212. The zero-order chi connectivity index (χ0) is 24.3. The van der Waals surface area contributed by atoms with Gasteiger partial charge >= 0.3 is 0 Å². The van der Waals surface area contributed by atoms with Crippen LogP contribution in [0.15, 0.2) is 30.3 Å². The summed E-state index contributed by atoms with van der Waals surface area (Å²) in [4.78, 5) is 15.0. The number of fused-ring (bicyclic) bond motifs is 1. The van der Waals surface area contributed by atoms with Gasteiger partial charge in [0.05, 0.1) is 6.10 Å². The Morgan fingerprint density at radius 3 is 2.38 bits per heavy atom. The summed E-state index contributed by atoms with van der Waals surface area (Å²) in [6.45, 7) is 12.4. The second-order valence-electron chi connectivity index (χ2n) is 11.6. The van der Waals surface area contributed by atoms with E-state index in [0.29, 0.717) is 12.5 Å². The average Bonchev–Trinajstić information content (AvgIpc) is 2.98. The molecule has 0 saturated heterocycles. The van der Waals surface area contributed by atoms with Crippen LogP contribution in [-0.2, 0) is 17.8 Å². The summed E-state index contributed by atoms with van der Waals surface area (Å²) in [5.41, 5.74) is 7.24. The van der Waals surface area contributed by atoms with E-state index in [-0.39, 0.29) is 11.3 Å². The molecule has 1 aliphatic carbocycles. The molecule has 1 heterocycles. The van der Waals surface area contributed by atoms with Crippen LogP contribution in [0.25, 0.3) is 0 Å². The number of aryl methyl sites for hydroxylation is 3. The van der Waals surface area contributed by atoms with Crippen LogP contribution in [-0.4, -0.2) is 18.6 Å². The SMILES string of the molecule is Cc1cc(N2CCCc3cc(OC4CCCCC4)ccc3C2)cc(C)c1NC(=O)CC(C)(C)C. The van der Waals surface area contributed by atoms with E-state index in [9.17, 15) is 4.79 Å². The van der Waals surface area contributed by atoms with Crippen LogP contribution < -0.4 is 15.0 Å². The molecule has 0 radical (unpaired) electrons. The Morgan fingerprint density at radius 2 is 1.71 bits per heavy atom. The normalized spacial score (nSPS) is 17.1. The third-order valence-electron chi connectivity index (χ3n) is 7.11. The molecule has 4 heteroatoms. The fourth-order valence-corrected chi connectivity index (χ4v) is 5.39. The second-order valence-corrected chi connectivity index (χ2v) is 11.6. The monoisotopic (exact) mass is 462 g/mol. The number of carbonyl (C=O) groups excluding carboxylic acids is 1. The molecule has 1 N–H and O–H groups in total. The number of nitrogens with one attached hydrogen (secondary N) is 1. The standard InChI is InChI=1S/C30H42N2O2/c1-21-16-25(17-22(2)29(21)31-28(33)19-30(3,4)5)32-15-9-10-23-18-27(14-13-24(23)20-32)34-26-11-7-6-8-12-26/h13-14,16-18,26H,6-12,15,19-20H2,1-5H3,(H,31,33). The highest BCUT2D eigenvalue weighted by molar-refractivity contribution is 5.93. The van der Waals surface area contributed by atoms with Crippen LogP contribution in [0.1, 0.15) is 88.0 Å².